The van der Waals surface area contributed by atoms with Crippen LogP contribution in [0.4, 0.5) is 14.9 Å². The van der Waals surface area contributed by atoms with E-state index in [1.54, 1.807) is 15.7 Å². The number of halogens is 1. The number of hydrogen-bond donors (Lipinski definition) is 2. The number of aromatic nitrogens is 2. The van der Waals surface area contributed by atoms with E-state index in [0.29, 0.717) is 29.9 Å². The van der Waals surface area contributed by atoms with Crippen LogP contribution in [0.3, 0.4) is 0 Å². The molecule has 0 fully saturated rings. The number of nitrogens with one attached hydrogen (secondary N) is 1. The van der Waals surface area contributed by atoms with Crippen LogP contribution in [0, 0.1) is 17.1 Å². The van der Waals surface area contributed by atoms with Crippen LogP contribution in [0.5, 0.6) is 0 Å². The molecule has 0 radical (unpaired) electrons. The van der Waals surface area contributed by atoms with E-state index in [2.05, 4.69) is 10.4 Å². The van der Waals surface area contributed by atoms with Crippen LogP contribution in [0.25, 0.3) is 0 Å². The van der Waals surface area contributed by atoms with Crippen LogP contribution in [0.1, 0.15) is 34.2 Å². The van der Waals surface area contributed by atoms with Gasteiger partial charge in [-0.1, -0.05) is 0 Å². The molecule has 2 aliphatic rings. The maximum absolute atomic E-state index is 13.6. The summed E-state index contributed by atoms with van der Waals surface area (Å²) in [4.78, 5) is 33.0. The molecule has 3 N–H and O–H groups in total. The minimum Gasteiger partial charge on any atom is -0.328 e. The first kappa shape index (κ1) is 20.8. The molecule has 1 aromatic heterocycles. The van der Waals surface area contributed by atoms with Gasteiger partial charge in [0.1, 0.15) is 23.7 Å². The van der Waals surface area contributed by atoms with Gasteiger partial charge in [0.25, 0.3) is 5.91 Å². The Balaban J connectivity index is 1.61. The van der Waals surface area contributed by atoms with Crippen molar-refractivity contribution in [3.05, 3.63) is 46.5 Å². The Morgan fingerprint density at radius 1 is 1.48 bits per heavy atom. The third kappa shape index (κ3) is 3.71. The molecule has 2 atom stereocenters. The summed E-state index contributed by atoms with van der Waals surface area (Å²) in [7, 11) is 1.53. The molecule has 3 heterocycles. The van der Waals surface area contributed by atoms with Crippen LogP contribution in [-0.2, 0) is 24.3 Å². The number of hydroxylamine groups is 2. The highest BCUT2D eigenvalue weighted by molar-refractivity contribution is 5.94. The van der Waals surface area contributed by atoms with E-state index in [1.807, 2.05) is 6.92 Å². The van der Waals surface area contributed by atoms with E-state index >= 15 is 0 Å². The number of urea groups is 1. The smallest absolute Gasteiger partial charge is 0.322 e. The predicted octanol–water partition coefficient (Wildman–Crippen LogP) is 1.22. The number of carbonyl (C=O) groups excluding carboxylic acids is 2. The van der Waals surface area contributed by atoms with Crippen LogP contribution in [0.15, 0.2) is 18.2 Å². The first-order valence-electron chi connectivity index (χ1n) is 9.83. The number of rotatable bonds is 2. The molecular formula is C20H22FN7O3. The third-order valence-corrected chi connectivity index (χ3v) is 5.52. The van der Waals surface area contributed by atoms with E-state index in [4.69, 9.17) is 15.8 Å². The van der Waals surface area contributed by atoms with Crippen LogP contribution in [-0.4, -0.2) is 57.4 Å². The van der Waals surface area contributed by atoms with Crippen molar-refractivity contribution < 1.29 is 18.8 Å². The Morgan fingerprint density at radius 2 is 2.26 bits per heavy atom. The summed E-state index contributed by atoms with van der Waals surface area (Å²) in [6.07, 6.45) is 0.0852. The normalized spacial score (nSPS) is 20.5. The Morgan fingerprint density at radius 3 is 2.97 bits per heavy atom. The molecule has 0 unspecified atom stereocenters. The first-order valence-corrected chi connectivity index (χ1v) is 9.83. The number of fused-ring (bicyclic) bond motifs is 3. The van der Waals surface area contributed by atoms with Gasteiger partial charge in [0.05, 0.1) is 24.3 Å². The standard InChI is InChI=1S/C20H22FN7O3/c1-11-5-17-15(18-19(29)26(2)31-14(8-23)9-28(18)25-17)10-27(11)20(30)24-13-3-4-16(21)12(6-13)7-22/h3-4,6,11,14H,5,8-10,23H2,1-2H3,(H,24,30)/t11-,14+/m1/s1. The molecule has 4 rings (SSSR count). The molecule has 0 bridgehead atoms. The van der Waals surface area contributed by atoms with Crippen molar-refractivity contribution in [1.82, 2.24) is 19.7 Å². The Hall–Kier alpha value is -3.49. The Bertz CT molecular complexity index is 1090. The second kappa shape index (κ2) is 7.98. The largest absolute Gasteiger partial charge is 0.328 e. The summed E-state index contributed by atoms with van der Waals surface area (Å²) in [5.74, 6) is -1.00. The minimum absolute atomic E-state index is 0.156. The number of nitriles is 1. The lowest BCUT2D eigenvalue weighted by atomic mass is 9.99. The van der Waals surface area contributed by atoms with Gasteiger partial charge in [-0.05, 0) is 25.1 Å². The highest BCUT2D eigenvalue weighted by Crippen LogP contribution is 2.29. The zero-order chi connectivity index (χ0) is 22.3. The van der Waals surface area contributed by atoms with Crippen molar-refractivity contribution in [2.45, 2.75) is 38.6 Å². The van der Waals surface area contributed by atoms with Crippen molar-refractivity contribution in [2.75, 3.05) is 18.9 Å². The first-order chi connectivity index (χ1) is 14.8. The van der Waals surface area contributed by atoms with Gasteiger partial charge in [-0.3, -0.25) is 14.3 Å². The van der Waals surface area contributed by atoms with E-state index in [9.17, 15) is 14.0 Å². The number of amides is 3. The fourth-order valence-electron chi connectivity index (χ4n) is 3.89. The molecule has 0 saturated carbocycles. The molecule has 2 aliphatic heterocycles. The highest BCUT2D eigenvalue weighted by atomic mass is 19.1. The lowest BCUT2D eigenvalue weighted by Gasteiger charge is -2.33. The van der Waals surface area contributed by atoms with Crippen LogP contribution in [0.2, 0.25) is 0 Å². The molecule has 3 amide bonds. The quantitative estimate of drug-likeness (QED) is 0.741. The fourth-order valence-corrected chi connectivity index (χ4v) is 3.89. The molecule has 11 heteroatoms. The average molecular weight is 427 g/mol. The molecular weight excluding hydrogens is 405 g/mol. The summed E-state index contributed by atoms with van der Waals surface area (Å²) in [6.45, 7) is 2.63. The number of hydrogen-bond acceptors (Lipinski definition) is 6. The van der Waals surface area contributed by atoms with Crippen molar-refractivity contribution in [3.63, 3.8) is 0 Å². The van der Waals surface area contributed by atoms with Gasteiger partial charge in [0.15, 0.2) is 0 Å². The van der Waals surface area contributed by atoms with Gasteiger partial charge < -0.3 is 16.0 Å². The SMILES string of the molecule is C[C@@H]1Cc2nn3c(c2CN1C(=O)Nc1ccc(F)c(C#N)c1)C(=O)N(C)O[C@@H](CN)C3. The van der Waals surface area contributed by atoms with Gasteiger partial charge in [0, 0.05) is 37.3 Å². The summed E-state index contributed by atoms with van der Waals surface area (Å²) in [5.41, 5.74) is 7.71. The molecule has 1 aromatic carbocycles. The summed E-state index contributed by atoms with van der Waals surface area (Å²) >= 11 is 0. The zero-order valence-corrected chi connectivity index (χ0v) is 17.1. The predicted molar refractivity (Wildman–Crippen MR) is 107 cm³/mol. The van der Waals surface area contributed by atoms with E-state index in [0.717, 1.165) is 16.8 Å². The average Bonchev–Trinajstić information content (AvgIpc) is 3.03. The fraction of sp³-hybridized carbons (Fsp3) is 0.400. The van der Waals surface area contributed by atoms with Crippen molar-refractivity contribution in [2.24, 2.45) is 5.73 Å². The number of nitrogens with two attached hydrogens (primary N) is 1. The summed E-state index contributed by atoms with van der Waals surface area (Å²) < 4.78 is 15.2. The molecule has 0 spiro atoms. The second-order valence-electron chi connectivity index (χ2n) is 7.64. The molecule has 0 saturated heterocycles. The Kier molecular flexibility index (Phi) is 5.34. The number of nitrogens with zero attached hydrogens (tertiary/aromatic N) is 5. The minimum atomic E-state index is -0.653. The molecule has 162 valence electrons. The summed E-state index contributed by atoms with van der Waals surface area (Å²) in [6, 6.07) is 4.95. The Labute approximate surface area is 177 Å². The van der Waals surface area contributed by atoms with Gasteiger partial charge in [-0.2, -0.15) is 10.4 Å². The van der Waals surface area contributed by atoms with Crippen LogP contribution >= 0.6 is 0 Å². The molecule has 10 nitrogen and oxygen atoms in total. The van der Waals surface area contributed by atoms with E-state index in [1.165, 1.54) is 19.2 Å². The van der Waals surface area contributed by atoms with Gasteiger partial charge in [0.2, 0.25) is 0 Å². The van der Waals surface area contributed by atoms with Crippen LogP contribution < -0.4 is 11.1 Å². The lowest BCUT2D eigenvalue weighted by Crippen LogP contribution is -2.45. The number of benzene rings is 1. The van der Waals surface area contributed by atoms with Crippen molar-refractivity contribution in [3.8, 4) is 6.07 Å². The third-order valence-electron chi connectivity index (χ3n) is 5.52. The zero-order valence-electron chi connectivity index (χ0n) is 17.1. The molecule has 0 aliphatic carbocycles. The monoisotopic (exact) mass is 427 g/mol. The van der Waals surface area contributed by atoms with E-state index < -0.39 is 11.8 Å². The maximum Gasteiger partial charge on any atom is 0.322 e. The molecule has 31 heavy (non-hydrogen) atoms. The number of anilines is 1. The van der Waals surface area contributed by atoms with Gasteiger partial charge >= 0.3 is 6.03 Å². The second-order valence-corrected chi connectivity index (χ2v) is 7.64. The van der Waals surface area contributed by atoms with Crippen molar-refractivity contribution >= 4 is 17.6 Å². The van der Waals surface area contributed by atoms with Gasteiger partial charge in [-0.15, -0.1) is 0 Å². The highest BCUT2D eigenvalue weighted by Gasteiger charge is 2.37. The summed E-state index contributed by atoms with van der Waals surface area (Å²) in [5, 5.41) is 17.4. The van der Waals surface area contributed by atoms with E-state index in [-0.39, 0.29) is 36.7 Å². The van der Waals surface area contributed by atoms with Crippen molar-refractivity contribution in [1.29, 1.82) is 5.26 Å². The van der Waals surface area contributed by atoms with Gasteiger partial charge in [-0.25, -0.2) is 14.2 Å². The lowest BCUT2D eigenvalue weighted by molar-refractivity contribution is -0.144. The topological polar surface area (TPSA) is 130 Å². The molecule has 2 aromatic rings. The number of carbonyl (C=O) groups is 2. The maximum atomic E-state index is 13.6.